The van der Waals surface area contributed by atoms with Crippen molar-refractivity contribution in [1.82, 2.24) is 20.6 Å². The molecule has 0 amide bonds. The van der Waals surface area contributed by atoms with Crippen LogP contribution in [0.5, 0.6) is 0 Å². The van der Waals surface area contributed by atoms with Crippen LogP contribution in [0.4, 0.5) is 5.82 Å². The Morgan fingerprint density at radius 2 is 2.13 bits per heavy atom. The molecule has 0 aliphatic rings. The summed E-state index contributed by atoms with van der Waals surface area (Å²) in [5.74, 6) is 1.72. The summed E-state index contributed by atoms with van der Waals surface area (Å²) >= 11 is 1.74. The maximum absolute atomic E-state index is 4.58. The third-order valence-corrected chi connectivity index (χ3v) is 4.18. The van der Waals surface area contributed by atoms with Crippen LogP contribution < -0.4 is 15.5 Å². The van der Waals surface area contributed by atoms with Crippen LogP contribution in [0.25, 0.3) is 0 Å². The summed E-state index contributed by atoms with van der Waals surface area (Å²) in [7, 11) is 5.74. The fourth-order valence-corrected chi connectivity index (χ4v) is 2.80. The number of thiazole rings is 1. The van der Waals surface area contributed by atoms with Gasteiger partial charge in [-0.05, 0) is 19.1 Å². The van der Waals surface area contributed by atoms with Crippen molar-refractivity contribution in [2.75, 3.05) is 32.6 Å². The van der Waals surface area contributed by atoms with Gasteiger partial charge in [0.15, 0.2) is 5.96 Å². The molecule has 0 aliphatic heterocycles. The van der Waals surface area contributed by atoms with E-state index < -0.39 is 0 Å². The van der Waals surface area contributed by atoms with E-state index in [1.165, 1.54) is 4.88 Å². The fraction of sp³-hybridized carbons (Fsp3) is 0.438. The Kier molecular flexibility index (Phi) is 6.34. The molecule has 0 saturated heterocycles. The van der Waals surface area contributed by atoms with Gasteiger partial charge in [-0.3, -0.25) is 4.99 Å². The normalized spacial score (nSPS) is 11.4. The highest BCUT2D eigenvalue weighted by atomic mass is 32.1. The molecule has 0 saturated carbocycles. The molecule has 2 aromatic rings. The van der Waals surface area contributed by atoms with Crippen LogP contribution in [0.2, 0.25) is 0 Å². The standard InChI is InChI=1S/C16H24N6S/c1-12-10-19-15(23-12)8-9-18-16(17-2)20-11-13-6-5-7-14(21-13)22(3)4/h5-7,10H,8-9,11H2,1-4H3,(H2,17,18,20). The lowest BCUT2D eigenvalue weighted by Crippen LogP contribution is -2.38. The van der Waals surface area contributed by atoms with Crippen molar-refractivity contribution in [1.29, 1.82) is 0 Å². The first-order valence-electron chi connectivity index (χ1n) is 7.57. The number of aromatic nitrogens is 2. The highest BCUT2D eigenvalue weighted by Crippen LogP contribution is 2.11. The van der Waals surface area contributed by atoms with E-state index in [9.17, 15) is 0 Å². The van der Waals surface area contributed by atoms with E-state index in [0.29, 0.717) is 6.54 Å². The van der Waals surface area contributed by atoms with Crippen molar-refractivity contribution in [2.45, 2.75) is 19.9 Å². The topological polar surface area (TPSA) is 65.4 Å². The van der Waals surface area contributed by atoms with Gasteiger partial charge in [0.25, 0.3) is 0 Å². The molecule has 2 heterocycles. The monoisotopic (exact) mass is 332 g/mol. The first-order chi connectivity index (χ1) is 11.1. The molecule has 124 valence electrons. The zero-order chi connectivity index (χ0) is 16.7. The van der Waals surface area contributed by atoms with E-state index in [-0.39, 0.29) is 0 Å². The Balaban J connectivity index is 1.79. The number of pyridine rings is 1. The Morgan fingerprint density at radius 1 is 1.30 bits per heavy atom. The molecular formula is C16H24N6S. The summed E-state index contributed by atoms with van der Waals surface area (Å²) in [6, 6.07) is 6.01. The van der Waals surface area contributed by atoms with Crippen LogP contribution >= 0.6 is 11.3 Å². The maximum atomic E-state index is 4.58. The van der Waals surface area contributed by atoms with E-state index in [0.717, 1.165) is 35.4 Å². The number of hydrogen-bond donors (Lipinski definition) is 2. The number of aliphatic imine (C=N–C) groups is 1. The van der Waals surface area contributed by atoms with Crippen LogP contribution in [0, 0.1) is 6.92 Å². The predicted octanol–water partition coefficient (Wildman–Crippen LogP) is 1.82. The SMILES string of the molecule is CN=C(NCCc1ncc(C)s1)NCc1cccc(N(C)C)n1. The predicted molar refractivity (Wildman–Crippen MR) is 97.3 cm³/mol. The summed E-state index contributed by atoms with van der Waals surface area (Å²) < 4.78 is 0. The summed E-state index contributed by atoms with van der Waals surface area (Å²) in [6.07, 6.45) is 2.81. The van der Waals surface area contributed by atoms with Crippen LogP contribution in [0.15, 0.2) is 29.4 Å². The van der Waals surface area contributed by atoms with Gasteiger partial charge < -0.3 is 15.5 Å². The minimum atomic E-state index is 0.637. The number of rotatable bonds is 6. The molecule has 0 spiro atoms. The average Bonchev–Trinajstić information content (AvgIpc) is 2.96. The largest absolute Gasteiger partial charge is 0.363 e. The lowest BCUT2D eigenvalue weighted by Gasteiger charge is -2.14. The van der Waals surface area contributed by atoms with Gasteiger partial charge in [-0.15, -0.1) is 11.3 Å². The number of guanidine groups is 1. The molecule has 2 N–H and O–H groups in total. The molecule has 0 aliphatic carbocycles. The molecule has 0 fully saturated rings. The second-order valence-electron chi connectivity index (χ2n) is 5.35. The molecule has 0 atom stereocenters. The van der Waals surface area contributed by atoms with Gasteiger partial charge in [-0.2, -0.15) is 0 Å². The summed E-state index contributed by atoms with van der Waals surface area (Å²) in [4.78, 5) is 16.4. The van der Waals surface area contributed by atoms with Gasteiger partial charge in [-0.25, -0.2) is 9.97 Å². The maximum Gasteiger partial charge on any atom is 0.191 e. The third-order valence-electron chi connectivity index (χ3n) is 3.21. The fourth-order valence-electron chi connectivity index (χ4n) is 2.01. The molecular weight excluding hydrogens is 308 g/mol. The molecule has 7 heteroatoms. The molecule has 6 nitrogen and oxygen atoms in total. The first kappa shape index (κ1) is 17.2. The summed E-state index contributed by atoms with van der Waals surface area (Å²) in [5.41, 5.74) is 0.981. The van der Waals surface area contributed by atoms with Crippen molar-refractivity contribution < 1.29 is 0 Å². The lowest BCUT2D eigenvalue weighted by molar-refractivity contribution is 0.780. The van der Waals surface area contributed by atoms with E-state index in [4.69, 9.17) is 0 Å². The zero-order valence-electron chi connectivity index (χ0n) is 14.1. The molecule has 0 aromatic carbocycles. The number of nitrogens with zero attached hydrogens (tertiary/aromatic N) is 4. The third kappa shape index (κ3) is 5.52. The van der Waals surface area contributed by atoms with Crippen LogP contribution in [-0.2, 0) is 13.0 Å². The quantitative estimate of drug-likeness (QED) is 0.624. The molecule has 2 aromatic heterocycles. The highest BCUT2D eigenvalue weighted by molar-refractivity contribution is 7.11. The zero-order valence-corrected chi connectivity index (χ0v) is 14.9. The summed E-state index contributed by atoms with van der Waals surface area (Å²) in [5, 5.41) is 7.73. The van der Waals surface area contributed by atoms with Crippen molar-refractivity contribution in [3.8, 4) is 0 Å². The second-order valence-corrected chi connectivity index (χ2v) is 6.67. The van der Waals surface area contributed by atoms with Crippen LogP contribution in [0.3, 0.4) is 0 Å². The lowest BCUT2D eigenvalue weighted by atomic mass is 10.3. The minimum Gasteiger partial charge on any atom is -0.363 e. The van der Waals surface area contributed by atoms with Crippen molar-refractivity contribution >= 4 is 23.1 Å². The van der Waals surface area contributed by atoms with Crippen molar-refractivity contribution in [3.05, 3.63) is 40.0 Å². The Bertz CT molecular complexity index is 650. The highest BCUT2D eigenvalue weighted by Gasteiger charge is 2.03. The van der Waals surface area contributed by atoms with Gasteiger partial charge in [0, 0.05) is 45.2 Å². The van der Waals surface area contributed by atoms with Crippen molar-refractivity contribution in [2.24, 2.45) is 4.99 Å². The molecule has 2 rings (SSSR count). The van der Waals surface area contributed by atoms with E-state index >= 15 is 0 Å². The number of aryl methyl sites for hydroxylation is 1. The Labute approximate surface area is 141 Å². The molecule has 23 heavy (non-hydrogen) atoms. The molecule has 0 bridgehead atoms. The van der Waals surface area contributed by atoms with Gasteiger partial charge in [0.1, 0.15) is 5.82 Å². The molecule has 0 radical (unpaired) electrons. The van der Waals surface area contributed by atoms with E-state index in [2.05, 4.69) is 32.5 Å². The van der Waals surface area contributed by atoms with Gasteiger partial charge in [-0.1, -0.05) is 6.07 Å². The van der Waals surface area contributed by atoms with E-state index in [1.807, 2.05) is 43.4 Å². The van der Waals surface area contributed by atoms with Gasteiger partial charge >= 0.3 is 0 Å². The second kappa shape index (κ2) is 8.47. The number of anilines is 1. The van der Waals surface area contributed by atoms with Crippen LogP contribution in [-0.4, -0.2) is 43.6 Å². The van der Waals surface area contributed by atoms with Gasteiger partial charge in [0.05, 0.1) is 17.2 Å². The van der Waals surface area contributed by atoms with Crippen LogP contribution in [0.1, 0.15) is 15.6 Å². The van der Waals surface area contributed by atoms with Gasteiger partial charge in [0.2, 0.25) is 0 Å². The Hall–Kier alpha value is -2.15. The first-order valence-corrected chi connectivity index (χ1v) is 8.39. The van der Waals surface area contributed by atoms with Crippen molar-refractivity contribution in [3.63, 3.8) is 0 Å². The minimum absolute atomic E-state index is 0.637. The van der Waals surface area contributed by atoms with E-state index in [1.54, 1.807) is 18.4 Å². The molecule has 0 unspecified atom stereocenters. The Morgan fingerprint density at radius 3 is 2.78 bits per heavy atom. The number of nitrogens with one attached hydrogen (secondary N) is 2. The number of hydrogen-bond acceptors (Lipinski definition) is 5. The average molecular weight is 332 g/mol. The smallest absolute Gasteiger partial charge is 0.191 e. The summed E-state index contributed by atoms with van der Waals surface area (Å²) in [6.45, 7) is 3.51.